The molecule has 1 saturated heterocycles. The molecule has 6 heteroatoms. The van der Waals surface area contributed by atoms with Gasteiger partial charge in [0.25, 0.3) is 0 Å². The quantitative estimate of drug-likeness (QED) is 0.803. The Balaban J connectivity index is 1.85. The van der Waals surface area contributed by atoms with E-state index < -0.39 is 0 Å². The lowest BCUT2D eigenvalue weighted by molar-refractivity contribution is -0.128. The number of carbonyl (C=O) groups excluding carboxylic acids is 1. The predicted molar refractivity (Wildman–Crippen MR) is 96.6 cm³/mol. The first-order valence-corrected chi connectivity index (χ1v) is 8.77. The van der Waals surface area contributed by atoms with E-state index in [0.29, 0.717) is 18.0 Å². The summed E-state index contributed by atoms with van der Waals surface area (Å²) >= 11 is 0. The fourth-order valence-corrected chi connectivity index (χ4v) is 3.29. The molecule has 0 N–H and O–H groups in total. The number of carbonyl (C=O) groups is 1. The van der Waals surface area contributed by atoms with Gasteiger partial charge in [0.2, 0.25) is 5.91 Å². The molecule has 0 radical (unpaired) electrons. The summed E-state index contributed by atoms with van der Waals surface area (Å²) in [6.45, 7) is 11.2. The Kier molecular flexibility index (Phi) is 4.97. The Morgan fingerprint density at radius 2 is 2.16 bits per heavy atom. The number of rotatable bonds is 4. The van der Waals surface area contributed by atoms with Crippen molar-refractivity contribution in [3.05, 3.63) is 48.5 Å². The summed E-state index contributed by atoms with van der Waals surface area (Å²) in [5, 5.41) is 0. The van der Waals surface area contributed by atoms with Gasteiger partial charge in [0.15, 0.2) is 5.82 Å². The lowest BCUT2D eigenvalue weighted by atomic mass is 9.94. The maximum atomic E-state index is 12.2. The van der Waals surface area contributed by atoms with E-state index in [-0.39, 0.29) is 11.8 Å². The molecule has 1 atom stereocenters. The number of nitrogens with zero attached hydrogens (tertiary/aromatic N) is 5. The van der Waals surface area contributed by atoms with Crippen LogP contribution in [0.5, 0.6) is 0 Å². The first-order valence-electron chi connectivity index (χ1n) is 8.77. The number of hydrogen-bond acceptors (Lipinski definition) is 4. The van der Waals surface area contributed by atoms with Gasteiger partial charge in [-0.05, 0) is 19.8 Å². The second-order valence-corrected chi connectivity index (χ2v) is 6.98. The Morgan fingerprint density at radius 1 is 1.36 bits per heavy atom. The van der Waals surface area contributed by atoms with Crippen molar-refractivity contribution in [3.63, 3.8) is 0 Å². The molecule has 2 aromatic rings. The van der Waals surface area contributed by atoms with E-state index in [0.717, 1.165) is 36.7 Å². The molecule has 3 heterocycles. The Labute approximate surface area is 148 Å². The first-order chi connectivity index (χ1) is 12.0. The zero-order chi connectivity index (χ0) is 18.0. The topological polar surface area (TPSA) is 63.9 Å². The summed E-state index contributed by atoms with van der Waals surface area (Å²) in [5.41, 5.74) is 1.51. The van der Waals surface area contributed by atoms with Gasteiger partial charge in [0.1, 0.15) is 5.82 Å². The molecule has 3 rings (SSSR count). The van der Waals surface area contributed by atoms with Gasteiger partial charge in [-0.15, -0.1) is 0 Å². The predicted octanol–water partition coefficient (Wildman–Crippen LogP) is 3.07. The highest BCUT2D eigenvalue weighted by Crippen LogP contribution is 2.27. The van der Waals surface area contributed by atoms with E-state index in [1.165, 1.54) is 0 Å². The van der Waals surface area contributed by atoms with Crippen LogP contribution in [0.15, 0.2) is 36.9 Å². The van der Waals surface area contributed by atoms with Crippen LogP contribution in [0.25, 0.3) is 5.82 Å². The highest BCUT2D eigenvalue weighted by atomic mass is 16.2. The molecule has 25 heavy (non-hydrogen) atoms. The first kappa shape index (κ1) is 17.3. The molecule has 132 valence electrons. The summed E-state index contributed by atoms with van der Waals surface area (Å²) in [5.74, 6) is 2.29. The molecule has 0 saturated carbocycles. The number of amides is 1. The van der Waals surface area contributed by atoms with Crippen LogP contribution in [0.2, 0.25) is 0 Å². The second kappa shape index (κ2) is 7.17. The second-order valence-electron chi connectivity index (χ2n) is 6.98. The van der Waals surface area contributed by atoms with Crippen molar-refractivity contribution >= 4 is 5.91 Å². The summed E-state index contributed by atoms with van der Waals surface area (Å²) in [7, 11) is 0. The third kappa shape index (κ3) is 3.62. The SMILES string of the molecule is C=C(C)C(=O)N1CCCC(c2cncc(-n3ccnc3C(C)C)n2)C1. The molecule has 0 aliphatic carbocycles. The fraction of sp³-hybridized carbons (Fsp3) is 0.474. The van der Waals surface area contributed by atoms with Crippen LogP contribution >= 0.6 is 0 Å². The Morgan fingerprint density at radius 3 is 2.88 bits per heavy atom. The van der Waals surface area contributed by atoms with Gasteiger partial charge in [-0.2, -0.15) is 0 Å². The van der Waals surface area contributed by atoms with Gasteiger partial charge < -0.3 is 4.90 Å². The zero-order valence-corrected chi connectivity index (χ0v) is 15.1. The van der Waals surface area contributed by atoms with E-state index >= 15 is 0 Å². The number of aromatic nitrogens is 4. The van der Waals surface area contributed by atoms with Crippen LogP contribution in [-0.4, -0.2) is 43.4 Å². The van der Waals surface area contributed by atoms with Gasteiger partial charge in [-0.25, -0.2) is 9.97 Å². The molecule has 1 aliphatic heterocycles. The molecule has 0 bridgehead atoms. The van der Waals surface area contributed by atoms with Crippen molar-refractivity contribution in [2.24, 2.45) is 0 Å². The smallest absolute Gasteiger partial charge is 0.248 e. The van der Waals surface area contributed by atoms with E-state index in [4.69, 9.17) is 4.98 Å². The standard InChI is InChI=1S/C19H25N5O/c1-13(2)18-21-7-9-24(18)17-11-20-10-16(22-17)15-6-5-8-23(12-15)19(25)14(3)4/h7,9-11,13,15H,3,5-6,8,12H2,1-2,4H3. The monoisotopic (exact) mass is 339 g/mol. The van der Waals surface area contributed by atoms with Crippen LogP contribution in [-0.2, 0) is 4.79 Å². The third-order valence-corrected chi connectivity index (χ3v) is 4.57. The molecule has 1 fully saturated rings. The third-order valence-electron chi connectivity index (χ3n) is 4.57. The van der Waals surface area contributed by atoms with Crippen molar-refractivity contribution < 1.29 is 4.79 Å². The number of piperidine rings is 1. The van der Waals surface area contributed by atoms with Crippen molar-refractivity contribution in [1.29, 1.82) is 0 Å². The summed E-state index contributed by atoms with van der Waals surface area (Å²) < 4.78 is 1.99. The van der Waals surface area contributed by atoms with Crippen LogP contribution in [0.4, 0.5) is 0 Å². The average molecular weight is 339 g/mol. The molecule has 0 spiro atoms. The maximum absolute atomic E-state index is 12.2. The summed E-state index contributed by atoms with van der Waals surface area (Å²) in [4.78, 5) is 27.7. The largest absolute Gasteiger partial charge is 0.338 e. The average Bonchev–Trinajstić information content (AvgIpc) is 3.11. The molecule has 0 aromatic carbocycles. The van der Waals surface area contributed by atoms with Crippen LogP contribution in [0.1, 0.15) is 57.0 Å². The maximum Gasteiger partial charge on any atom is 0.248 e. The molecular weight excluding hydrogens is 314 g/mol. The minimum Gasteiger partial charge on any atom is -0.338 e. The van der Waals surface area contributed by atoms with E-state index in [2.05, 4.69) is 30.4 Å². The minimum atomic E-state index is 0.0329. The zero-order valence-electron chi connectivity index (χ0n) is 15.1. The lowest BCUT2D eigenvalue weighted by Crippen LogP contribution is -2.39. The fourth-order valence-electron chi connectivity index (χ4n) is 3.29. The van der Waals surface area contributed by atoms with Crippen LogP contribution in [0, 0.1) is 0 Å². The van der Waals surface area contributed by atoms with Crippen molar-refractivity contribution in [2.45, 2.75) is 45.4 Å². The normalized spacial score (nSPS) is 17.8. The Bertz CT molecular complexity index is 780. The molecule has 1 amide bonds. The highest BCUT2D eigenvalue weighted by Gasteiger charge is 2.26. The lowest BCUT2D eigenvalue weighted by Gasteiger charge is -2.32. The van der Waals surface area contributed by atoms with Crippen LogP contribution < -0.4 is 0 Å². The van der Waals surface area contributed by atoms with E-state index in [1.807, 2.05) is 21.9 Å². The van der Waals surface area contributed by atoms with Gasteiger partial charge >= 0.3 is 0 Å². The Hall–Kier alpha value is -2.50. The van der Waals surface area contributed by atoms with Gasteiger partial charge in [-0.3, -0.25) is 14.3 Å². The highest BCUT2D eigenvalue weighted by molar-refractivity contribution is 5.92. The van der Waals surface area contributed by atoms with Crippen molar-refractivity contribution in [2.75, 3.05) is 13.1 Å². The molecule has 1 aliphatic rings. The van der Waals surface area contributed by atoms with Crippen LogP contribution in [0.3, 0.4) is 0 Å². The number of likely N-dealkylation sites (tertiary alicyclic amines) is 1. The minimum absolute atomic E-state index is 0.0329. The van der Waals surface area contributed by atoms with E-state index in [9.17, 15) is 4.79 Å². The number of imidazole rings is 1. The summed E-state index contributed by atoms with van der Waals surface area (Å²) in [6.07, 6.45) is 9.26. The van der Waals surface area contributed by atoms with Gasteiger partial charge in [-0.1, -0.05) is 20.4 Å². The van der Waals surface area contributed by atoms with Crippen molar-refractivity contribution in [3.8, 4) is 5.82 Å². The van der Waals surface area contributed by atoms with Gasteiger partial charge in [0.05, 0.1) is 11.9 Å². The summed E-state index contributed by atoms with van der Waals surface area (Å²) in [6, 6.07) is 0. The molecular formula is C19H25N5O. The molecule has 2 aromatic heterocycles. The van der Waals surface area contributed by atoms with Crippen molar-refractivity contribution in [1.82, 2.24) is 24.4 Å². The van der Waals surface area contributed by atoms with E-state index in [1.54, 1.807) is 19.3 Å². The number of hydrogen-bond donors (Lipinski definition) is 0. The van der Waals surface area contributed by atoms with Gasteiger partial charge in [0, 0.05) is 49.1 Å². The molecule has 1 unspecified atom stereocenters. The molecule has 6 nitrogen and oxygen atoms in total.